The van der Waals surface area contributed by atoms with Gasteiger partial charge in [0.2, 0.25) is 0 Å². The van der Waals surface area contributed by atoms with Crippen molar-refractivity contribution in [2.24, 2.45) is 0 Å². The van der Waals surface area contributed by atoms with Crippen LogP contribution >= 0.6 is 0 Å². The van der Waals surface area contributed by atoms with E-state index in [4.69, 9.17) is 9.47 Å². The molecule has 35 heavy (non-hydrogen) atoms. The van der Waals surface area contributed by atoms with E-state index < -0.39 is 46.1 Å². The summed E-state index contributed by atoms with van der Waals surface area (Å²) in [4.78, 5) is 31.2. The average Bonchev–Trinajstić information content (AvgIpc) is 2.73. The fourth-order valence-electron chi connectivity index (χ4n) is 3.87. The first-order chi connectivity index (χ1) is 16.5. The summed E-state index contributed by atoms with van der Waals surface area (Å²) >= 11 is 0. The Bertz CT molecular complexity index is 1270. The van der Waals surface area contributed by atoms with Gasteiger partial charge in [0.1, 0.15) is 11.5 Å². The molecule has 0 spiro atoms. The molecule has 188 valence electrons. The summed E-state index contributed by atoms with van der Waals surface area (Å²) in [5, 5.41) is 0. The van der Waals surface area contributed by atoms with Gasteiger partial charge in [-0.05, 0) is 38.5 Å². The summed E-state index contributed by atoms with van der Waals surface area (Å²) in [5.41, 5.74) is 0.708. The largest absolute Gasteiger partial charge is 0.416 e. The zero-order chi connectivity index (χ0) is 25.5. The summed E-state index contributed by atoms with van der Waals surface area (Å²) in [6.07, 6.45) is 0.711. The Morgan fingerprint density at radius 2 is 2.03 bits per heavy atom. The fourth-order valence-corrected chi connectivity index (χ4v) is 5.12. The number of pyridine rings is 1. The van der Waals surface area contributed by atoms with Crippen LogP contribution in [0.25, 0.3) is 0 Å². The number of fused-ring (bicyclic) bond motifs is 1. The average molecular weight is 508 g/mol. The zero-order valence-corrected chi connectivity index (χ0v) is 20.5. The van der Waals surface area contributed by atoms with Crippen LogP contribution in [0.3, 0.4) is 0 Å². The fraction of sp³-hybridized carbons (Fsp3) is 0.409. The molecule has 2 aliphatic heterocycles. The van der Waals surface area contributed by atoms with Crippen LogP contribution < -0.4 is 14.2 Å². The lowest BCUT2D eigenvalue weighted by atomic mass is 9.99. The number of ether oxygens (including phenoxy) is 2. The predicted molar refractivity (Wildman–Crippen MR) is 124 cm³/mol. The molecular weight excluding hydrogens is 481 g/mol. The SMILES string of the molecule is CC(c1ccnc(NS(=O)(=O)N2CCC2)c1F)N1C(=O)Oc2cc(OC(=O)N(C)C)ccc2[C@@H]1C. The predicted octanol–water partition coefficient (Wildman–Crippen LogP) is 3.28. The van der Waals surface area contributed by atoms with Gasteiger partial charge in [0.05, 0.1) is 12.1 Å². The van der Waals surface area contributed by atoms with E-state index in [1.807, 2.05) is 0 Å². The molecular formula is C22H26FN5O6S. The molecule has 0 aliphatic carbocycles. The van der Waals surface area contributed by atoms with Crippen molar-refractivity contribution in [3.05, 3.63) is 47.4 Å². The first-order valence-corrected chi connectivity index (χ1v) is 12.4. The molecule has 1 saturated heterocycles. The first-order valence-electron chi connectivity index (χ1n) is 10.9. The number of rotatable bonds is 6. The number of aromatic nitrogens is 1. The highest BCUT2D eigenvalue weighted by molar-refractivity contribution is 7.90. The van der Waals surface area contributed by atoms with Gasteiger partial charge in [0, 0.05) is 50.6 Å². The maximum atomic E-state index is 15.3. The number of benzene rings is 1. The molecule has 1 aromatic heterocycles. The number of carbonyl (C=O) groups excluding carboxylic acids is 2. The minimum atomic E-state index is -3.91. The topological polar surface area (TPSA) is 121 Å². The lowest BCUT2D eigenvalue weighted by Gasteiger charge is -2.38. The summed E-state index contributed by atoms with van der Waals surface area (Å²) in [6.45, 7) is 4.09. The Balaban J connectivity index is 1.58. The third-order valence-corrected chi connectivity index (χ3v) is 7.49. The first kappa shape index (κ1) is 24.7. The Morgan fingerprint density at radius 3 is 2.66 bits per heavy atom. The maximum Gasteiger partial charge on any atom is 0.416 e. The van der Waals surface area contributed by atoms with Crippen LogP contribution in [0.5, 0.6) is 11.5 Å². The van der Waals surface area contributed by atoms with Crippen LogP contribution in [0.4, 0.5) is 19.8 Å². The smallest absolute Gasteiger partial charge is 0.410 e. The molecule has 11 nitrogen and oxygen atoms in total. The van der Waals surface area contributed by atoms with Crippen molar-refractivity contribution < 1.29 is 31.9 Å². The van der Waals surface area contributed by atoms with Crippen molar-refractivity contribution in [2.75, 3.05) is 31.9 Å². The third-order valence-electron chi connectivity index (χ3n) is 6.00. The second-order valence-electron chi connectivity index (χ2n) is 8.51. The van der Waals surface area contributed by atoms with Crippen LogP contribution in [0.2, 0.25) is 0 Å². The molecule has 4 rings (SSSR count). The van der Waals surface area contributed by atoms with Gasteiger partial charge in [0.25, 0.3) is 0 Å². The Morgan fingerprint density at radius 1 is 1.31 bits per heavy atom. The molecule has 1 fully saturated rings. The van der Waals surface area contributed by atoms with E-state index in [1.54, 1.807) is 40.1 Å². The third kappa shape index (κ3) is 4.73. The van der Waals surface area contributed by atoms with Gasteiger partial charge in [-0.2, -0.15) is 12.7 Å². The minimum Gasteiger partial charge on any atom is -0.410 e. The number of hydrogen-bond acceptors (Lipinski definition) is 7. The van der Waals surface area contributed by atoms with Gasteiger partial charge in [-0.1, -0.05) is 0 Å². The normalized spacial score (nSPS) is 18.7. The Kier molecular flexibility index (Phi) is 6.56. The van der Waals surface area contributed by atoms with Crippen molar-refractivity contribution in [1.82, 2.24) is 19.1 Å². The molecule has 2 aromatic rings. The minimum absolute atomic E-state index is 0.0742. The van der Waals surface area contributed by atoms with Gasteiger partial charge in [-0.15, -0.1) is 0 Å². The molecule has 2 atom stereocenters. The number of nitrogens with zero attached hydrogens (tertiary/aromatic N) is 4. The van der Waals surface area contributed by atoms with E-state index in [-0.39, 0.29) is 17.1 Å². The van der Waals surface area contributed by atoms with Gasteiger partial charge in [0.15, 0.2) is 11.6 Å². The van der Waals surface area contributed by atoms with Gasteiger partial charge in [-0.3, -0.25) is 9.62 Å². The number of hydrogen-bond donors (Lipinski definition) is 1. The highest BCUT2D eigenvalue weighted by atomic mass is 32.2. The standard InChI is InChI=1S/C22H26FN5O6S/c1-13-16-7-6-15(33-21(29)26(3)4)12-18(16)34-22(30)28(13)14(2)17-8-9-24-20(19(17)23)25-35(31,32)27-10-5-11-27/h6-9,12-14H,5,10-11H2,1-4H3,(H,24,25)/t13-,14?/m0/s1. The van der Waals surface area contributed by atoms with Crippen LogP contribution in [0, 0.1) is 5.82 Å². The zero-order valence-electron chi connectivity index (χ0n) is 19.7. The molecule has 3 heterocycles. The van der Waals surface area contributed by atoms with E-state index in [0.29, 0.717) is 18.7 Å². The molecule has 0 bridgehead atoms. The lowest BCUT2D eigenvalue weighted by molar-refractivity contribution is 0.0980. The van der Waals surface area contributed by atoms with Crippen molar-refractivity contribution in [3.8, 4) is 11.5 Å². The van der Waals surface area contributed by atoms with Crippen molar-refractivity contribution in [3.63, 3.8) is 0 Å². The van der Waals surface area contributed by atoms with Gasteiger partial charge < -0.3 is 14.4 Å². The van der Waals surface area contributed by atoms with Crippen molar-refractivity contribution in [1.29, 1.82) is 0 Å². The number of nitrogens with one attached hydrogen (secondary N) is 1. The quantitative estimate of drug-likeness (QED) is 0.637. The molecule has 2 aliphatic rings. The molecule has 1 aromatic carbocycles. The number of amides is 2. The van der Waals surface area contributed by atoms with E-state index in [2.05, 4.69) is 9.71 Å². The van der Waals surface area contributed by atoms with Crippen LogP contribution in [-0.2, 0) is 10.2 Å². The van der Waals surface area contributed by atoms with E-state index in [1.165, 1.54) is 32.4 Å². The lowest BCUT2D eigenvalue weighted by Crippen LogP contribution is -2.45. The van der Waals surface area contributed by atoms with Gasteiger partial charge in [-0.25, -0.2) is 19.0 Å². The van der Waals surface area contributed by atoms with E-state index in [9.17, 15) is 18.0 Å². The Labute approximate surface area is 202 Å². The number of carbonyl (C=O) groups is 2. The number of anilines is 1. The summed E-state index contributed by atoms with van der Waals surface area (Å²) < 4.78 is 54.2. The molecule has 1 unspecified atom stereocenters. The van der Waals surface area contributed by atoms with Crippen LogP contribution in [0.15, 0.2) is 30.5 Å². The summed E-state index contributed by atoms with van der Waals surface area (Å²) in [7, 11) is -0.823. The molecule has 13 heteroatoms. The second kappa shape index (κ2) is 9.30. The van der Waals surface area contributed by atoms with Crippen LogP contribution in [0.1, 0.15) is 43.5 Å². The maximum absolute atomic E-state index is 15.3. The molecule has 2 amide bonds. The molecule has 1 N–H and O–H groups in total. The summed E-state index contributed by atoms with van der Waals surface area (Å²) in [6, 6.07) is 4.75. The van der Waals surface area contributed by atoms with Crippen molar-refractivity contribution in [2.45, 2.75) is 32.4 Å². The van der Waals surface area contributed by atoms with E-state index in [0.717, 1.165) is 6.42 Å². The van der Waals surface area contributed by atoms with Crippen molar-refractivity contribution >= 4 is 28.2 Å². The monoisotopic (exact) mass is 507 g/mol. The second-order valence-corrected chi connectivity index (χ2v) is 10.2. The summed E-state index contributed by atoms with van der Waals surface area (Å²) in [5.74, 6) is -0.871. The highest BCUT2D eigenvalue weighted by Gasteiger charge is 2.37. The molecule has 0 saturated carbocycles. The van der Waals surface area contributed by atoms with Crippen LogP contribution in [-0.4, -0.2) is 66.9 Å². The number of halogens is 1. The molecule has 0 radical (unpaired) electrons. The van der Waals surface area contributed by atoms with E-state index >= 15 is 4.39 Å². The Hall–Kier alpha value is -3.45. The highest BCUT2D eigenvalue weighted by Crippen LogP contribution is 2.41. The van der Waals surface area contributed by atoms with Gasteiger partial charge >= 0.3 is 22.4 Å².